The quantitative estimate of drug-likeness (QED) is 0.787. The standard InChI is InChI=1S/C20H26N2S/c1-16-12-18(22-10-4-5-11-22)6-7-20(16)17-13-19(23-15-17)14-21-8-2-3-9-21/h6-7,12-13,15H,2-5,8-11,14H2,1H3. The van der Waals surface area contributed by atoms with Gasteiger partial charge in [0.15, 0.2) is 0 Å². The Labute approximate surface area is 143 Å². The van der Waals surface area contributed by atoms with Crippen LogP contribution < -0.4 is 4.90 Å². The van der Waals surface area contributed by atoms with E-state index in [4.69, 9.17) is 0 Å². The molecule has 0 spiro atoms. The van der Waals surface area contributed by atoms with Crippen molar-refractivity contribution in [3.05, 3.63) is 40.1 Å². The molecule has 1 aromatic carbocycles. The van der Waals surface area contributed by atoms with Gasteiger partial charge in [0.2, 0.25) is 0 Å². The molecule has 0 atom stereocenters. The van der Waals surface area contributed by atoms with Gasteiger partial charge in [0, 0.05) is 30.2 Å². The summed E-state index contributed by atoms with van der Waals surface area (Å²) in [6.45, 7) is 8.38. The van der Waals surface area contributed by atoms with Crippen molar-refractivity contribution in [2.45, 2.75) is 39.2 Å². The zero-order valence-electron chi connectivity index (χ0n) is 14.1. The summed E-state index contributed by atoms with van der Waals surface area (Å²) >= 11 is 1.92. The van der Waals surface area contributed by atoms with E-state index in [1.54, 1.807) is 0 Å². The normalized spacial score (nSPS) is 18.9. The first-order valence-electron chi connectivity index (χ1n) is 8.95. The van der Waals surface area contributed by atoms with Gasteiger partial charge in [-0.25, -0.2) is 0 Å². The highest BCUT2D eigenvalue weighted by atomic mass is 32.1. The Kier molecular flexibility index (Phi) is 4.41. The van der Waals surface area contributed by atoms with E-state index < -0.39 is 0 Å². The maximum absolute atomic E-state index is 2.58. The molecule has 3 heteroatoms. The first-order valence-corrected chi connectivity index (χ1v) is 9.83. The van der Waals surface area contributed by atoms with Gasteiger partial charge >= 0.3 is 0 Å². The number of thiophene rings is 1. The van der Waals surface area contributed by atoms with Crippen LogP contribution in [-0.2, 0) is 6.54 Å². The van der Waals surface area contributed by atoms with Crippen LogP contribution in [0.3, 0.4) is 0 Å². The molecule has 0 bridgehead atoms. The third kappa shape index (κ3) is 3.31. The molecule has 2 nitrogen and oxygen atoms in total. The van der Waals surface area contributed by atoms with Crippen LogP contribution in [0, 0.1) is 6.92 Å². The topological polar surface area (TPSA) is 6.48 Å². The van der Waals surface area contributed by atoms with Crippen LogP contribution in [0.1, 0.15) is 36.1 Å². The molecule has 2 aromatic rings. The number of anilines is 1. The zero-order valence-corrected chi connectivity index (χ0v) is 14.9. The van der Waals surface area contributed by atoms with Crippen molar-refractivity contribution in [1.82, 2.24) is 4.90 Å². The van der Waals surface area contributed by atoms with Gasteiger partial charge < -0.3 is 4.90 Å². The average Bonchev–Trinajstić information content (AvgIpc) is 3.30. The fraction of sp³-hybridized carbons (Fsp3) is 0.500. The predicted octanol–water partition coefficient (Wildman–Crippen LogP) is 4.92. The highest BCUT2D eigenvalue weighted by Crippen LogP contribution is 2.32. The minimum atomic E-state index is 1.13. The van der Waals surface area contributed by atoms with Gasteiger partial charge in [-0.1, -0.05) is 6.07 Å². The number of aryl methyl sites for hydroxylation is 1. The van der Waals surface area contributed by atoms with E-state index in [-0.39, 0.29) is 0 Å². The molecule has 2 aliphatic rings. The zero-order chi connectivity index (χ0) is 15.6. The second-order valence-corrected chi connectivity index (χ2v) is 7.97. The van der Waals surface area contributed by atoms with Gasteiger partial charge in [-0.15, -0.1) is 11.3 Å². The van der Waals surface area contributed by atoms with Crippen LogP contribution in [-0.4, -0.2) is 31.1 Å². The van der Waals surface area contributed by atoms with E-state index in [1.165, 1.54) is 79.1 Å². The first kappa shape index (κ1) is 15.2. The second kappa shape index (κ2) is 6.66. The van der Waals surface area contributed by atoms with E-state index >= 15 is 0 Å². The molecule has 2 saturated heterocycles. The molecule has 0 amide bonds. The number of hydrogen-bond donors (Lipinski definition) is 0. The fourth-order valence-electron chi connectivity index (χ4n) is 3.91. The molecule has 122 valence electrons. The Balaban J connectivity index is 1.52. The molecule has 0 N–H and O–H groups in total. The maximum Gasteiger partial charge on any atom is 0.0369 e. The van der Waals surface area contributed by atoms with Gasteiger partial charge in [-0.2, -0.15) is 0 Å². The molecule has 2 fully saturated rings. The van der Waals surface area contributed by atoms with Crippen LogP contribution in [0.15, 0.2) is 29.6 Å². The molecule has 2 aliphatic heterocycles. The van der Waals surface area contributed by atoms with Crippen LogP contribution in [0.5, 0.6) is 0 Å². The van der Waals surface area contributed by atoms with Crippen LogP contribution in [0.2, 0.25) is 0 Å². The third-order valence-electron chi connectivity index (χ3n) is 5.22. The second-order valence-electron chi connectivity index (χ2n) is 6.98. The number of rotatable bonds is 4. The van der Waals surface area contributed by atoms with Crippen molar-refractivity contribution in [3.8, 4) is 11.1 Å². The smallest absolute Gasteiger partial charge is 0.0369 e. The predicted molar refractivity (Wildman–Crippen MR) is 100 cm³/mol. The van der Waals surface area contributed by atoms with Crippen molar-refractivity contribution >= 4 is 17.0 Å². The lowest BCUT2D eigenvalue weighted by Gasteiger charge is -2.19. The molecule has 0 saturated carbocycles. The van der Waals surface area contributed by atoms with E-state index in [0.717, 1.165) is 6.54 Å². The summed E-state index contributed by atoms with van der Waals surface area (Å²) in [6.07, 6.45) is 5.42. The Hall–Kier alpha value is -1.32. The minimum Gasteiger partial charge on any atom is -0.372 e. The minimum absolute atomic E-state index is 1.13. The van der Waals surface area contributed by atoms with Crippen molar-refractivity contribution in [2.24, 2.45) is 0 Å². The molecule has 23 heavy (non-hydrogen) atoms. The number of nitrogens with zero attached hydrogens (tertiary/aromatic N) is 2. The third-order valence-corrected chi connectivity index (χ3v) is 6.15. The summed E-state index contributed by atoms with van der Waals surface area (Å²) in [5, 5.41) is 2.34. The van der Waals surface area contributed by atoms with Crippen molar-refractivity contribution in [2.75, 3.05) is 31.1 Å². The number of likely N-dealkylation sites (tertiary alicyclic amines) is 1. The van der Waals surface area contributed by atoms with E-state index in [2.05, 4.69) is 46.4 Å². The van der Waals surface area contributed by atoms with Crippen LogP contribution in [0.4, 0.5) is 5.69 Å². The summed E-state index contributed by atoms with van der Waals surface area (Å²) in [5.41, 5.74) is 5.60. The van der Waals surface area contributed by atoms with Gasteiger partial charge in [0.05, 0.1) is 0 Å². The Morgan fingerprint density at radius 2 is 1.70 bits per heavy atom. The number of hydrogen-bond acceptors (Lipinski definition) is 3. The molecular weight excluding hydrogens is 300 g/mol. The van der Waals surface area contributed by atoms with Gasteiger partial charge in [0.25, 0.3) is 0 Å². The van der Waals surface area contributed by atoms with Crippen molar-refractivity contribution < 1.29 is 0 Å². The molecule has 0 aliphatic carbocycles. The van der Waals surface area contributed by atoms with Gasteiger partial charge in [0.1, 0.15) is 0 Å². The fourth-order valence-corrected chi connectivity index (χ4v) is 4.84. The Morgan fingerprint density at radius 1 is 0.957 bits per heavy atom. The Bertz CT molecular complexity index is 664. The summed E-state index contributed by atoms with van der Waals surface area (Å²) in [4.78, 5) is 6.60. The lowest BCUT2D eigenvalue weighted by Crippen LogP contribution is -2.17. The van der Waals surface area contributed by atoms with Gasteiger partial charge in [-0.3, -0.25) is 4.90 Å². The van der Waals surface area contributed by atoms with Gasteiger partial charge in [-0.05, 0) is 86.0 Å². The highest BCUT2D eigenvalue weighted by molar-refractivity contribution is 7.10. The van der Waals surface area contributed by atoms with Crippen LogP contribution >= 0.6 is 11.3 Å². The molecule has 1 aromatic heterocycles. The summed E-state index contributed by atoms with van der Waals surface area (Å²) in [6, 6.07) is 9.41. The van der Waals surface area contributed by atoms with E-state index in [9.17, 15) is 0 Å². The Morgan fingerprint density at radius 3 is 2.43 bits per heavy atom. The largest absolute Gasteiger partial charge is 0.372 e. The molecule has 4 rings (SSSR count). The lowest BCUT2D eigenvalue weighted by molar-refractivity contribution is 0.334. The highest BCUT2D eigenvalue weighted by Gasteiger charge is 2.15. The van der Waals surface area contributed by atoms with E-state index in [0.29, 0.717) is 0 Å². The van der Waals surface area contributed by atoms with Crippen molar-refractivity contribution in [3.63, 3.8) is 0 Å². The van der Waals surface area contributed by atoms with Crippen LogP contribution in [0.25, 0.3) is 11.1 Å². The maximum atomic E-state index is 2.58. The van der Waals surface area contributed by atoms with Crippen molar-refractivity contribution in [1.29, 1.82) is 0 Å². The molecule has 0 radical (unpaired) electrons. The average molecular weight is 327 g/mol. The number of benzene rings is 1. The SMILES string of the molecule is Cc1cc(N2CCCC2)ccc1-c1csc(CN2CCCC2)c1. The summed E-state index contributed by atoms with van der Waals surface area (Å²) < 4.78 is 0. The monoisotopic (exact) mass is 326 g/mol. The summed E-state index contributed by atoms with van der Waals surface area (Å²) in [5.74, 6) is 0. The molecular formula is C20H26N2S. The summed E-state index contributed by atoms with van der Waals surface area (Å²) in [7, 11) is 0. The van der Waals surface area contributed by atoms with E-state index in [1.807, 2.05) is 11.3 Å². The molecule has 3 heterocycles. The first-order chi connectivity index (χ1) is 11.3. The lowest BCUT2D eigenvalue weighted by atomic mass is 10.0. The molecule has 0 unspecified atom stereocenters.